The van der Waals surface area contributed by atoms with E-state index in [0.29, 0.717) is 40.0 Å². The summed E-state index contributed by atoms with van der Waals surface area (Å²) in [5, 5.41) is 28.2. The molecule has 0 unspecified atom stereocenters. The first-order chi connectivity index (χ1) is 24.0. The number of anilines is 2. The molecule has 4 atom stereocenters. The van der Waals surface area contributed by atoms with Crippen molar-refractivity contribution in [1.82, 2.24) is 5.32 Å². The predicted octanol–water partition coefficient (Wildman–Crippen LogP) is 8.56. The standard InChI is InChI=1S/C21H22ClFN2O4.C16H14ClFN2O2.2CH4.ClH/c1-21(2,3)29-20(28)25-18-12-5-4-6-13(14(12)10-17(18)26)19(27)24-11-7-8-16(23)15(22)9-11;17-12-6-8(4-5-13(12)18)20-16(22)10-3-1-2-9-11(10)7-14(21)15(9)19;;;/h4-9,17-18,26H,10H2,1-3H3,(H,24,27)(H,25,28);1-6,14-15,21H,7,19H2,(H,20,22);2*1H4;1H/t17-,18-;14-,15-;;;/m11.../s1. The van der Waals surface area contributed by atoms with Crippen LogP contribution >= 0.6 is 35.6 Å². The number of alkyl carbamates (subject to hydrolysis) is 1. The highest BCUT2D eigenvalue weighted by atomic mass is 35.5. The Kier molecular flexibility index (Phi) is 16.0. The van der Waals surface area contributed by atoms with Gasteiger partial charge in [0.15, 0.2) is 0 Å². The Bertz CT molecular complexity index is 1990. The van der Waals surface area contributed by atoms with E-state index in [1.807, 2.05) is 6.07 Å². The normalized spacial score (nSPS) is 17.8. The van der Waals surface area contributed by atoms with Gasteiger partial charge in [0.25, 0.3) is 11.8 Å². The second kappa shape index (κ2) is 18.8. The molecule has 54 heavy (non-hydrogen) atoms. The molecule has 7 N–H and O–H groups in total. The van der Waals surface area contributed by atoms with Crippen LogP contribution in [-0.4, -0.2) is 45.9 Å². The number of hydrogen-bond acceptors (Lipinski definition) is 7. The van der Waals surface area contributed by atoms with Crippen LogP contribution in [0.25, 0.3) is 0 Å². The number of amides is 3. The molecular formula is C39H45Cl3F2N4O6. The number of nitrogens with two attached hydrogens (primary N) is 1. The molecule has 0 spiro atoms. The van der Waals surface area contributed by atoms with Gasteiger partial charge in [-0.1, -0.05) is 62.3 Å². The number of carbonyl (C=O) groups excluding carboxylic acids is 3. The lowest BCUT2D eigenvalue weighted by Gasteiger charge is -2.23. The van der Waals surface area contributed by atoms with Gasteiger partial charge in [-0.05, 0) is 91.6 Å². The fourth-order valence-electron chi connectivity index (χ4n) is 5.92. The van der Waals surface area contributed by atoms with Crippen LogP contribution in [0.4, 0.5) is 25.0 Å². The summed E-state index contributed by atoms with van der Waals surface area (Å²) in [6, 6.07) is 16.9. The van der Waals surface area contributed by atoms with Gasteiger partial charge in [0.1, 0.15) is 17.2 Å². The molecule has 15 heteroatoms. The van der Waals surface area contributed by atoms with Gasteiger partial charge in [0, 0.05) is 35.3 Å². The summed E-state index contributed by atoms with van der Waals surface area (Å²) in [6.07, 6.45) is -1.70. The number of hydrogen-bond donors (Lipinski definition) is 6. The number of ether oxygens (including phenoxy) is 1. The van der Waals surface area contributed by atoms with E-state index in [-0.39, 0.29) is 49.6 Å². The van der Waals surface area contributed by atoms with Crippen molar-refractivity contribution < 1.29 is 38.1 Å². The molecule has 10 nitrogen and oxygen atoms in total. The maximum absolute atomic E-state index is 13.3. The zero-order chi connectivity index (χ0) is 37.2. The number of rotatable bonds is 5. The van der Waals surface area contributed by atoms with E-state index in [2.05, 4.69) is 16.0 Å². The van der Waals surface area contributed by atoms with Gasteiger partial charge in [-0.2, -0.15) is 0 Å². The first-order valence-electron chi connectivity index (χ1n) is 15.9. The maximum atomic E-state index is 13.3. The van der Waals surface area contributed by atoms with Crippen LogP contribution in [0.15, 0.2) is 72.8 Å². The van der Waals surface area contributed by atoms with Crippen LogP contribution in [-0.2, 0) is 17.6 Å². The molecule has 0 bridgehead atoms. The van der Waals surface area contributed by atoms with Crippen LogP contribution < -0.4 is 21.7 Å². The van der Waals surface area contributed by atoms with E-state index >= 15 is 0 Å². The third-order valence-corrected chi connectivity index (χ3v) is 8.84. The van der Waals surface area contributed by atoms with E-state index in [9.17, 15) is 33.4 Å². The number of halogens is 5. The summed E-state index contributed by atoms with van der Waals surface area (Å²) in [4.78, 5) is 37.3. The number of carbonyl (C=O) groups is 3. The Labute approximate surface area is 329 Å². The van der Waals surface area contributed by atoms with Gasteiger partial charge in [-0.15, -0.1) is 12.4 Å². The molecule has 0 saturated heterocycles. The molecule has 4 aromatic rings. The minimum absolute atomic E-state index is 0. The summed E-state index contributed by atoms with van der Waals surface area (Å²) >= 11 is 11.5. The third kappa shape index (κ3) is 10.7. The molecule has 2 aliphatic rings. The van der Waals surface area contributed by atoms with Crippen LogP contribution in [0, 0.1) is 11.6 Å². The van der Waals surface area contributed by atoms with E-state index in [4.69, 9.17) is 33.7 Å². The lowest BCUT2D eigenvalue weighted by atomic mass is 10.0. The molecule has 292 valence electrons. The lowest BCUT2D eigenvalue weighted by molar-refractivity contribution is 0.0437. The van der Waals surface area contributed by atoms with Gasteiger partial charge < -0.3 is 36.6 Å². The van der Waals surface area contributed by atoms with Crippen molar-refractivity contribution in [2.24, 2.45) is 5.73 Å². The van der Waals surface area contributed by atoms with Crippen LogP contribution in [0.5, 0.6) is 0 Å². The van der Waals surface area contributed by atoms with Gasteiger partial charge in [0.05, 0.1) is 34.3 Å². The lowest BCUT2D eigenvalue weighted by Crippen LogP contribution is -2.38. The average Bonchev–Trinajstić information content (AvgIpc) is 3.53. The zero-order valence-electron chi connectivity index (χ0n) is 28.2. The fourth-order valence-corrected chi connectivity index (χ4v) is 6.29. The SMILES string of the molecule is C.C.CC(C)(C)OC(=O)N[C@@H]1c2cccc(C(=O)Nc3ccc(F)c(Cl)c3)c2C[C@H]1O.Cl.N[C@@H]1c2cccc(C(=O)Nc3ccc(F)c(Cl)c3)c2C[C@H]1O. The Hall–Kier alpha value is -4.30. The molecule has 0 heterocycles. The van der Waals surface area contributed by atoms with Crippen molar-refractivity contribution in [1.29, 1.82) is 0 Å². The monoisotopic (exact) mass is 808 g/mol. The summed E-state index contributed by atoms with van der Waals surface area (Å²) in [6.45, 7) is 5.24. The van der Waals surface area contributed by atoms with E-state index in [1.54, 1.807) is 51.1 Å². The summed E-state index contributed by atoms with van der Waals surface area (Å²) < 4.78 is 31.7. The van der Waals surface area contributed by atoms with Crippen molar-refractivity contribution in [2.75, 3.05) is 10.6 Å². The molecule has 0 aromatic heterocycles. The van der Waals surface area contributed by atoms with E-state index in [0.717, 1.165) is 17.2 Å². The van der Waals surface area contributed by atoms with E-state index in [1.165, 1.54) is 30.3 Å². The molecule has 0 fully saturated rings. The Morgan fingerprint density at radius 3 is 1.67 bits per heavy atom. The summed E-state index contributed by atoms with van der Waals surface area (Å²) in [5.41, 5.74) is 9.59. The third-order valence-electron chi connectivity index (χ3n) is 8.26. The molecule has 4 aromatic carbocycles. The number of fused-ring (bicyclic) bond motifs is 2. The minimum atomic E-state index is -0.897. The van der Waals surface area contributed by atoms with Crippen LogP contribution in [0.3, 0.4) is 0 Å². The number of nitrogens with one attached hydrogen (secondary N) is 3. The average molecular weight is 810 g/mol. The van der Waals surface area contributed by atoms with Gasteiger partial charge in [-0.3, -0.25) is 9.59 Å². The summed E-state index contributed by atoms with van der Waals surface area (Å²) in [7, 11) is 0. The van der Waals surface area contributed by atoms with Gasteiger partial charge in [-0.25, -0.2) is 13.6 Å². The van der Waals surface area contributed by atoms with Gasteiger partial charge >= 0.3 is 6.09 Å². The molecular weight excluding hydrogens is 765 g/mol. The largest absolute Gasteiger partial charge is 0.444 e. The zero-order valence-corrected chi connectivity index (χ0v) is 30.5. The number of benzene rings is 4. The fraction of sp³-hybridized carbons (Fsp3) is 0.308. The van der Waals surface area contributed by atoms with Crippen molar-refractivity contribution in [2.45, 2.75) is 78.4 Å². The van der Waals surface area contributed by atoms with Crippen LogP contribution in [0.2, 0.25) is 10.0 Å². The Morgan fingerprint density at radius 1 is 0.759 bits per heavy atom. The molecule has 0 saturated carbocycles. The second-order valence-corrected chi connectivity index (χ2v) is 13.9. The van der Waals surface area contributed by atoms with Crippen LogP contribution in [0.1, 0.15) is 90.7 Å². The van der Waals surface area contributed by atoms with Crippen molar-refractivity contribution in [3.8, 4) is 0 Å². The van der Waals surface area contributed by atoms with E-state index < -0.39 is 53.5 Å². The number of aliphatic hydroxyl groups excluding tert-OH is 2. The quantitative estimate of drug-likeness (QED) is 0.118. The maximum Gasteiger partial charge on any atom is 0.408 e. The molecule has 3 amide bonds. The first kappa shape index (κ1) is 45.9. The topological polar surface area (TPSA) is 163 Å². The smallest absolute Gasteiger partial charge is 0.408 e. The number of aliphatic hydroxyl groups is 2. The second-order valence-electron chi connectivity index (χ2n) is 13.1. The highest BCUT2D eigenvalue weighted by Crippen LogP contribution is 2.35. The molecule has 0 aliphatic heterocycles. The van der Waals surface area contributed by atoms with Crippen molar-refractivity contribution in [3.05, 3.63) is 128 Å². The first-order valence-corrected chi connectivity index (χ1v) is 16.7. The molecule has 6 rings (SSSR count). The minimum Gasteiger partial charge on any atom is -0.444 e. The van der Waals surface area contributed by atoms with Crippen molar-refractivity contribution in [3.63, 3.8) is 0 Å². The van der Waals surface area contributed by atoms with Gasteiger partial charge in [0.2, 0.25) is 0 Å². The van der Waals surface area contributed by atoms with Crippen molar-refractivity contribution >= 4 is 64.9 Å². The molecule has 2 aliphatic carbocycles. The Morgan fingerprint density at radius 2 is 1.20 bits per heavy atom. The molecule has 0 radical (unpaired) electrons. The highest BCUT2D eigenvalue weighted by Gasteiger charge is 2.36. The Balaban J connectivity index is 0.000000365. The summed E-state index contributed by atoms with van der Waals surface area (Å²) in [5.74, 6) is -1.89. The predicted molar refractivity (Wildman–Crippen MR) is 211 cm³/mol. The highest BCUT2D eigenvalue weighted by molar-refractivity contribution is 6.31.